The maximum atomic E-state index is 12.6. The fourth-order valence-corrected chi connectivity index (χ4v) is 9.92. The number of nitrogens with two attached hydrogens (primary N) is 1. The molecule has 2 aliphatic carbocycles. The maximum Gasteiger partial charge on any atom is 0.263 e. The Morgan fingerprint density at radius 3 is 1.52 bits per heavy atom. The third kappa shape index (κ3) is 14.7. The van der Waals surface area contributed by atoms with Gasteiger partial charge in [-0.05, 0) is 110 Å². The number of rotatable bonds is 16. The molecule has 16 nitrogen and oxygen atoms in total. The van der Waals surface area contributed by atoms with Crippen LogP contribution in [0.3, 0.4) is 0 Å². The van der Waals surface area contributed by atoms with E-state index in [1.165, 1.54) is 80.1 Å². The van der Waals surface area contributed by atoms with Crippen molar-refractivity contribution in [3.05, 3.63) is 127 Å². The third-order valence-corrected chi connectivity index (χ3v) is 14.9. The SMILES string of the molecule is COc1ccc(Cl)cc1C(=O)NCCc1ccc(S(=O)(=O)Cl)cc1.COc1ccc(Cl)cc1C(=O)NCCc1ccc(S(=O)(=O)Nc2nnc(C3CC3)s2)cc1.Nc1nnc(C2CC2)s1. The van der Waals surface area contributed by atoms with Gasteiger partial charge in [-0.1, -0.05) is 70.1 Å². The van der Waals surface area contributed by atoms with E-state index in [9.17, 15) is 26.4 Å². The number of sulfonamides is 1. The number of halogens is 3. The van der Waals surface area contributed by atoms with Gasteiger partial charge in [0.05, 0.1) is 35.1 Å². The summed E-state index contributed by atoms with van der Waals surface area (Å²) in [7, 11) is 0.758. The molecule has 5 N–H and O–H groups in total. The summed E-state index contributed by atoms with van der Waals surface area (Å²) in [6.07, 6.45) is 5.77. The number of aromatic nitrogens is 4. The second-order valence-corrected chi connectivity index (χ2v) is 21.7. The summed E-state index contributed by atoms with van der Waals surface area (Å²) in [5.41, 5.74) is 7.86. The zero-order valence-electron chi connectivity index (χ0n) is 34.8. The number of benzene rings is 4. The van der Waals surface area contributed by atoms with Gasteiger partial charge in [0, 0.05) is 45.7 Å². The second kappa shape index (κ2) is 22.4. The predicted octanol–water partition coefficient (Wildman–Crippen LogP) is 8.10. The van der Waals surface area contributed by atoms with Crippen molar-refractivity contribution in [1.82, 2.24) is 31.0 Å². The number of carbonyl (C=O) groups excluding carboxylic acids is 2. The molecule has 6 aromatic rings. The van der Waals surface area contributed by atoms with Gasteiger partial charge < -0.3 is 25.8 Å². The quantitative estimate of drug-likeness (QED) is 0.0672. The number of amides is 2. The Kier molecular flexibility index (Phi) is 17.0. The number of methoxy groups -OCH3 is 2. The fourth-order valence-electron chi connectivity index (χ4n) is 5.89. The van der Waals surface area contributed by atoms with Gasteiger partial charge in [0.15, 0.2) is 0 Å². The first-order valence-electron chi connectivity index (χ1n) is 19.8. The molecule has 2 amide bonds. The summed E-state index contributed by atoms with van der Waals surface area (Å²) in [5.74, 6) is 1.40. The zero-order valence-corrected chi connectivity index (χ0v) is 40.3. The Balaban J connectivity index is 0.000000185. The molecule has 0 spiro atoms. The molecular weight excluding hydrogens is 979 g/mol. The summed E-state index contributed by atoms with van der Waals surface area (Å²) in [6, 6.07) is 22.3. The maximum absolute atomic E-state index is 12.6. The molecule has 8 rings (SSSR count). The van der Waals surface area contributed by atoms with Gasteiger partial charge in [-0.15, -0.1) is 20.4 Å². The first-order valence-corrected chi connectivity index (χ1v) is 26.0. The highest BCUT2D eigenvalue weighted by molar-refractivity contribution is 8.13. The van der Waals surface area contributed by atoms with Crippen molar-refractivity contribution in [3.8, 4) is 11.5 Å². The van der Waals surface area contributed by atoms with Crippen molar-refractivity contribution < 1.29 is 35.9 Å². The van der Waals surface area contributed by atoms with E-state index >= 15 is 0 Å². The van der Waals surface area contributed by atoms with Crippen LogP contribution in [-0.4, -0.2) is 76.4 Å². The van der Waals surface area contributed by atoms with Crippen molar-refractivity contribution in [2.75, 3.05) is 37.8 Å². The van der Waals surface area contributed by atoms with Crippen LogP contribution in [-0.2, 0) is 31.9 Å². The molecule has 0 unspecified atom stereocenters. The highest BCUT2D eigenvalue weighted by atomic mass is 35.7. The van der Waals surface area contributed by atoms with Gasteiger partial charge in [-0.2, -0.15) is 0 Å². The van der Waals surface area contributed by atoms with E-state index in [-0.39, 0.29) is 26.7 Å². The Bertz CT molecular complexity index is 2820. The lowest BCUT2D eigenvalue weighted by Crippen LogP contribution is -2.26. The number of anilines is 2. The molecule has 23 heteroatoms. The lowest BCUT2D eigenvalue weighted by atomic mass is 10.1. The van der Waals surface area contributed by atoms with Crippen LogP contribution < -0.4 is 30.6 Å². The third-order valence-electron chi connectivity index (χ3n) is 9.62. The van der Waals surface area contributed by atoms with Crippen LogP contribution in [0.15, 0.2) is 94.7 Å². The Morgan fingerprint density at radius 2 is 1.11 bits per heavy atom. The van der Waals surface area contributed by atoms with Crippen LogP contribution in [0.4, 0.5) is 10.3 Å². The molecule has 0 saturated heterocycles. The smallest absolute Gasteiger partial charge is 0.263 e. The monoisotopic (exact) mass is 1020 g/mol. The number of hydrogen-bond acceptors (Lipinski definition) is 15. The van der Waals surface area contributed by atoms with Gasteiger partial charge >= 0.3 is 0 Å². The van der Waals surface area contributed by atoms with Crippen LogP contribution >= 0.6 is 56.6 Å². The second-order valence-electron chi connectivity index (χ2n) is 14.5. The first kappa shape index (κ1) is 49.3. The number of nitrogen functional groups attached to an aromatic ring is 1. The Morgan fingerprint density at radius 1 is 0.662 bits per heavy atom. The number of nitrogens with one attached hydrogen (secondary N) is 3. The predicted molar refractivity (Wildman–Crippen MR) is 253 cm³/mol. The first-order chi connectivity index (χ1) is 31.0. The number of carbonyl (C=O) groups is 2. The van der Waals surface area contributed by atoms with Gasteiger partial charge in [-0.3, -0.25) is 14.3 Å². The topological polar surface area (TPSA) is 235 Å². The normalized spacial score (nSPS) is 13.3. The van der Waals surface area contributed by atoms with Crippen molar-refractivity contribution in [2.45, 2.75) is 60.2 Å². The molecule has 2 saturated carbocycles. The van der Waals surface area contributed by atoms with Crippen LogP contribution in [0.25, 0.3) is 0 Å². The molecule has 4 aromatic carbocycles. The van der Waals surface area contributed by atoms with E-state index in [0.717, 1.165) is 34.0 Å². The highest BCUT2D eigenvalue weighted by Crippen LogP contribution is 2.42. The molecular formula is C42H43Cl3N8O8S4. The number of hydrogen-bond donors (Lipinski definition) is 4. The van der Waals surface area contributed by atoms with E-state index in [0.29, 0.717) is 75.6 Å². The molecule has 2 aromatic heterocycles. The van der Waals surface area contributed by atoms with Gasteiger partial charge in [0.1, 0.15) is 21.5 Å². The van der Waals surface area contributed by atoms with Crippen LogP contribution in [0.5, 0.6) is 11.5 Å². The van der Waals surface area contributed by atoms with E-state index in [4.69, 9.17) is 49.1 Å². The van der Waals surface area contributed by atoms with Crippen molar-refractivity contribution >= 4 is 97.7 Å². The van der Waals surface area contributed by atoms with Crippen molar-refractivity contribution in [2.24, 2.45) is 0 Å². The number of nitrogens with zero attached hydrogens (tertiary/aromatic N) is 4. The summed E-state index contributed by atoms with van der Waals surface area (Å²) in [5, 5.41) is 25.0. The molecule has 0 atom stereocenters. The minimum Gasteiger partial charge on any atom is -0.496 e. The minimum atomic E-state index is -3.74. The fraction of sp³-hybridized carbons (Fsp3) is 0.286. The van der Waals surface area contributed by atoms with E-state index in [1.807, 2.05) is 0 Å². The molecule has 2 heterocycles. The van der Waals surface area contributed by atoms with E-state index in [1.54, 1.807) is 54.6 Å². The average Bonchev–Trinajstić information content (AvgIpc) is 4.23. The molecule has 2 fully saturated rings. The molecule has 65 heavy (non-hydrogen) atoms. The number of ether oxygens (including phenoxy) is 2. The van der Waals surface area contributed by atoms with E-state index in [2.05, 4.69) is 35.8 Å². The highest BCUT2D eigenvalue weighted by Gasteiger charge is 2.29. The molecule has 0 radical (unpaired) electrons. The standard InChI is InChI=1S/C21H21ClN4O4S2.C16H15Cl2NO4S.C5H7N3S/c1-30-18-9-6-15(22)12-17(18)19(27)23-11-10-13-2-7-16(8-3-13)32(28,29)26-21-25-24-20(31-21)14-4-5-14;1-23-15-7-4-12(17)10-14(15)16(20)19-9-8-11-2-5-13(6-3-11)24(18,21)22;6-5-8-7-4(9-5)3-1-2-3/h2-3,6-9,12,14H,4-5,10-11H2,1H3,(H,23,27)(H,25,26);2-7,10H,8-9H2,1H3,(H,19,20);3H,1-2H2,(H2,6,8). The van der Waals surface area contributed by atoms with Crippen LogP contribution in [0, 0.1) is 0 Å². The van der Waals surface area contributed by atoms with Crippen molar-refractivity contribution in [3.63, 3.8) is 0 Å². The zero-order chi connectivity index (χ0) is 46.7. The van der Waals surface area contributed by atoms with Crippen molar-refractivity contribution in [1.29, 1.82) is 0 Å². The van der Waals surface area contributed by atoms with Gasteiger partial charge in [0.25, 0.3) is 30.9 Å². The molecule has 344 valence electrons. The van der Waals surface area contributed by atoms with E-state index < -0.39 is 19.1 Å². The molecule has 2 aliphatic rings. The lowest BCUT2D eigenvalue weighted by Gasteiger charge is -2.10. The largest absolute Gasteiger partial charge is 0.496 e. The average molecular weight is 1020 g/mol. The minimum absolute atomic E-state index is 0.0422. The Hall–Kier alpha value is -5.09. The summed E-state index contributed by atoms with van der Waals surface area (Å²) in [4.78, 5) is 24.8. The molecule has 0 bridgehead atoms. The Labute approximate surface area is 398 Å². The lowest BCUT2D eigenvalue weighted by molar-refractivity contribution is 0.0942. The van der Waals surface area contributed by atoms with Crippen LogP contribution in [0.2, 0.25) is 10.0 Å². The summed E-state index contributed by atoms with van der Waals surface area (Å²) >= 11 is 14.7. The van der Waals surface area contributed by atoms with Gasteiger partial charge in [0.2, 0.25) is 10.3 Å². The molecule has 0 aliphatic heterocycles. The van der Waals surface area contributed by atoms with Gasteiger partial charge in [-0.25, -0.2) is 16.8 Å². The summed E-state index contributed by atoms with van der Waals surface area (Å²) < 4.78 is 60.4. The van der Waals surface area contributed by atoms with Crippen LogP contribution in [0.1, 0.15) is 79.4 Å². The summed E-state index contributed by atoms with van der Waals surface area (Å²) in [6.45, 7) is 0.745.